The van der Waals surface area contributed by atoms with E-state index < -0.39 is 0 Å². The number of furan rings is 1. The molecule has 2 aromatic rings. The number of aryl methyl sites for hydroxylation is 1. The maximum atomic E-state index is 12.0. The molecule has 5 nitrogen and oxygen atoms in total. The van der Waals surface area contributed by atoms with E-state index in [1.54, 1.807) is 18.2 Å². The van der Waals surface area contributed by atoms with Crippen LogP contribution >= 0.6 is 0 Å². The van der Waals surface area contributed by atoms with Crippen LogP contribution in [0.25, 0.3) is 0 Å². The molecule has 0 aliphatic carbocycles. The molecule has 3 N–H and O–H groups in total. The van der Waals surface area contributed by atoms with E-state index in [-0.39, 0.29) is 5.91 Å². The van der Waals surface area contributed by atoms with Crippen LogP contribution in [0.2, 0.25) is 0 Å². The van der Waals surface area contributed by atoms with Crippen molar-refractivity contribution < 1.29 is 13.9 Å². The second-order valence-corrected chi connectivity index (χ2v) is 4.19. The normalized spacial score (nSPS) is 10.2. The first-order valence-electron chi connectivity index (χ1n) is 5.86. The van der Waals surface area contributed by atoms with Crippen molar-refractivity contribution in [2.45, 2.75) is 13.5 Å². The van der Waals surface area contributed by atoms with Crippen molar-refractivity contribution in [3.8, 4) is 5.75 Å². The zero-order valence-electron chi connectivity index (χ0n) is 10.9. The number of anilines is 1. The second-order valence-electron chi connectivity index (χ2n) is 4.19. The Morgan fingerprint density at radius 1 is 1.37 bits per heavy atom. The Hall–Kier alpha value is -2.43. The van der Waals surface area contributed by atoms with Crippen molar-refractivity contribution in [2.75, 3.05) is 12.8 Å². The molecule has 0 saturated carbocycles. The lowest BCUT2D eigenvalue weighted by atomic mass is 10.1. The van der Waals surface area contributed by atoms with Gasteiger partial charge in [-0.15, -0.1) is 0 Å². The number of amides is 1. The first kappa shape index (κ1) is 13.0. The summed E-state index contributed by atoms with van der Waals surface area (Å²) >= 11 is 0. The Bertz CT molecular complexity index is 590. The Morgan fingerprint density at radius 2 is 2.16 bits per heavy atom. The topological polar surface area (TPSA) is 77.5 Å². The highest BCUT2D eigenvalue weighted by Gasteiger charge is 2.09. The first-order chi connectivity index (χ1) is 9.08. The molecule has 1 aromatic carbocycles. The smallest absolute Gasteiger partial charge is 0.251 e. The Kier molecular flexibility index (Phi) is 3.75. The van der Waals surface area contributed by atoms with Gasteiger partial charge >= 0.3 is 0 Å². The van der Waals surface area contributed by atoms with E-state index in [0.29, 0.717) is 29.3 Å². The van der Waals surface area contributed by atoms with Crippen LogP contribution in [0.1, 0.15) is 21.9 Å². The van der Waals surface area contributed by atoms with Gasteiger partial charge in [-0.1, -0.05) is 0 Å². The van der Waals surface area contributed by atoms with E-state index in [4.69, 9.17) is 14.9 Å². The molecule has 19 heavy (non-hydrogen) atoms. The molecule has 1 amide bonds. The van der Waals surface area contributed by atoms with Gasteiger partial charge in [0.1, 0.15) is 17.3 Å². The summed E-state index contributed by atoms with van der Waals surface area (Å²) in [6.45, 7) is 2.19. The van der Waals surface area contributed by atoms with Gasteiger partial charge in [-0.05, 0) is 31.2 Å². The van der Waals surface area contributed by atoms with Gasteiger partial charge in [-0.3, -0.25) is 4.79 Å². The van der Waals surface area contributed by atoms with Gasteiger partial charge in [0.2, 0.25) is 0 Å². The summed E-state index contributed by atoms with van der Waals surface area (Å²) < 4.78 is 10.4. The van der Waals surface area contributed by atoms with Crippen molar-refractivity contribution in [1.29, 1.82) is 0 Å². The number of carbonyl (C=O) groups is 1. The molecule has 2 rings (SSSR count). The van der Waals surface area contributed by atoms with Crippen LogP contribution in [0, 0.1) is 6.92 Å². The second kappa shape index (κ2) is 5.48. The zero-order chi connectivity index (χ0) is 13.8. The van der Waals surface area contributed by atoms with Crippen LogP contribution in [0.3, 0.4) is 0 Å². The summed E-state index contributed by atoms with van der Waals surface area (Å²) in [5.41, 5.74) is 6.65. The number of hydrogen-bond donors (Lipinski definition) is 2. The number of ether oxygens (including phenoxy) is 1. The van der Waals surface area contributed by atoms with Gasteiger partial charge in [-0.2, -0.15) is 0 Å². The van der Waals surface area contributed by atoms with Crippen LogP contribution in [-0.4, -0.2) is 13.0 Å². The van der Waals surface area contributed by atoms with Crippen molar-refractivity contribution in [1.82, 2.24) is 5.32 Å². The molecule has 0 aliphatic heterocycles. The monoisotopic (exact) mass is 260 g/mol. The van der Waals surface area contributed by atoms with Crippen LogP contribution < -0.4 is 15.8 Å². The van der Waals surface area contributed by atoms with E-state index in [1.807, 2.05) is 19.1 Å². The minimum atomic E-state index is -0.223. The summed E-state index contributed by atoms with van der Waals surface area (Å²) in [6.07, 6.45) is 0. The maximum Gasteiger partial charge on any atom is 0.251 e. The third-order valence-corrected chi connectivity index (χ3v) is 2.65. The Morgan fingerprint density at radius 3 is 2.79 bits per heavy atom. The molecule has 0 bridgehead atoms. The van der Waals surface area contributed by atoms with E-state index in [1.165, 1.54) is 7.11 Å². The molecule has 0 atom stereocenters. The van der Waals surface area contributed by atoms with Crippen molar-refractivity contribution in [3.05, 3.63) is 47.4 Å². The van der Waals surface area contributed by atoms with E-state index in [9.17, 15) is 4.79 Å². The molecule has 0 fully saturated rings. The van der Waals surface area contributed by atoms with Gasteiger partial charge < -0.3 is 20.2 Å². The van der Waals surface area contributed by atoms with Gasteiger partial charge in [0.05, 0.1) is 13.7 Å². The molecule has 100 valence electrons. The van der Waals surface area contributed by atoms with Gasteiger partial charge in [-0.25, -0.2) is 0 Å². The highest BCUT2D eigenvalue weighted by molar-refractivity contribution is 5.95. The lowest BCUT2D eigenvalue weighted by Gasteiger charge is -2.07. The SMILES string of the molecule is COc1cc(N)cc(C(=O)NCc2ccc(C)o2)c1. The number of methoxy groups -OCH3 is 1. The highest BCUT2D eigenvalue weighted by atomic mass is 16.5. The summed E-state index contributed by atoms with van der Waals surface area (Å²) in [5, 5.41) is 2.76. The summed E-state index contributed by atoms with van der Waals surface area (Å²) in [4.78, 5) is 12.0. The third kappa shape index (κ3) is 3.28. The lowest BCUT2D eigenvalue weighted by molar-refractivity contribution is 0.0947. The minimum absolute atomic E-state index is 0.223. The van der Waals surface area contributed by atoms with Crippen molar-refractivity contribution in [2.24, 2.45) is 0 Å². The lowest BCUT2D eigenvalue weighted by Crippen LogP contribution is -2.22. The molecule has 1 heterocycles. The fourth-order valence-electron chi connectivity index (χ4n) is 1.72. The largest absolute Gasteiger partial charge is 0.497 e. The van der Waals surface area contributed by atoms with Gasteiger partial charge in [0.15, 0.2) is 0 Å². The number of nitrogens with one attached hydrogen (secondary N) is 1. The summed E-state index contributed by atoms with van der Waals surface area (Å²) in [6, 6.07) is 8.58. The first-order valence-corrected chi connectivity index (χ1v) is 5.86. The van der Waals surface area contributed by atoms with Gasteiger partial charge in [0, 0.05) is 17.3 Å². The highest BCUT2D eigenvalue weighted by Crippen LogP contribution is 2.18. The fourth-order valence-corrected chi connectivity index (χ4v) is 1.72. The van der Waals surface area contributed by atoms with Crippen LogP contribution in [-0.2, 0) is 6.54 Å². The molecule has 0 saturated heterocycles. The summed E-state index contributed by atoms with van der Waals surface area (Å²) in [5.74, 6) is 1.86. The molecular weight excluding hydrogens is 244 g/mol. The van der Waals surface area contributed by atoms with E-state index >= 15 is 0 Å². The predicted molar refractivity (Wildman–Crippen MR) is 72.0 cm³/mol. The number of nitrogens with two attached hydrogens (primary N) is 1. The average Bonchev–Trinajstić information content (AvgIpc) is 2.81. The zero-order valence-corrected chi connectivity index (χ0v) is 10.9. The number of rotatable bonds is 4. The summed E-state index contributed by atoms with van der Waals surface area (Å²) in [7, 11) is 1.53. The molecular formula is C14H16N2O3. The molecule has 0 spiro atoms. The van der Waals surface area contributed by atoms with E-state index in [2.05, 4.69) is 5.32 Å². The Balaban J connectivity index is 2.05. The maximum absolute atomic E-state index is 12.0. The molecule has 0 aliphatic rings. The van der Waals surface area contributed by atoms with Crippen molar-refractivity contribution >= 4 is 11.6 Å². The number of carbonyl (C=O) groups excluding carboxylic acids is 1. The van der Waals surface area contributed by atoms with Crippen LogP contribution in [0.4, 0.5) is 5.69 Å². The van der Waals surface area contributed by atoms with Gasteiger partial charge in [0.25, 0.3) is 5.91 Å². The number of nitrogen functional groups attached to an aromatic ring is 1. The fraction of sp³-hybridized carbons (Fsp3) is 0.214. The predicted octanol–water partition coefficient (Wildman–Crippen LogP) is 2.11. The molecule has 0 unspecified atom stereocenters. The minimum Gasteiger partial charge on any atom is -0.497 e. The number of benzene rings is 1. The molecule has 0 radical (unpaired) electrons. The van der Waals surface area contributed by atoms with Crippen molar-refractivity contribution in [3.63, 3.8) is 0 Å². The average molecular weight is 260 g/mol. The molecule has 1 aromatic heterocycles. The standard InChI is InChI=1S/C14H16N2O3/c1-9-3-4-12(19-9)8-16-14(17)10-5-11(15)7-13(6-10)18-2/h3-7H,8,15H2,1-2H3,(H,16,17). The van der Waals surface area contributed by atoms with Crippen LogP contribution in [0.5, 0.6) is 5.75 Å². The van der Waals surface area contributed by atoms with Crippen LogP contribution in [0.15, 0.2) is 34.7 Å². The third-order valence-electron chi connectivity index (χ3n) is 2.65. The molecule has 5 heteroatoms. The quantitative estimate of drug-likeness (QED) is 0.825. The Labute approximate surface area is 111 Å². The number of hydrogen-bond acceptors (Lipinski definition) is 4. The van der Waals surface area contributed by atoms with E-state index in [0.717, 1.165) is 5.76 Å².